The van der Waals surface area contributed by atoms with E-state index in [1.165, 1.54) is 0 Å². The van der Waals surface area contributed by atoms with Crippen molar-refractivity contribution in [1.82, 2.24) is 0 Å². The third-order valence-electron chi connectivity index (χ3n) is 6.04. The predicted octanol–water partition coefficient (Wildman–Crippen LogP) is 4.45. The van der Waals surface area contributed by atoms with E-state index in [1.807, 2.05) is 68.4 Å². The van der Waals surface area contributed by atoms with Crippen molar-refractivity contribution in [3.63, 3.8) is 0 Å². The Kier molecular flexibility index (Phi) is 6.63. The number of carbonyl (C=O) groups is 2. The van der Waals surface area contributed by atoms with Crippen molar-refractivity contribution < 1.29 is 24.2 Å². The second kappa shape index (κ2) is 9.65. The lowest BCUT2D eigenvalue weighted by atomic mass is 9.74. The number of amides is 1. The minimum Gasteiger partial charge on any atom is -0.496 e. The van der Waals surface area contributed by atoms with Gasteiger partial charge in [-0.15, -0.1) is 0 Å². The SMILES string of the molecule is COc1ccccc1C(C)(C)CC(O)(C#Cc1ccccc1)C(=O)Nc1ccc2c(c1)COC2=O. The van der Waals surface area contributed by atoms with Crippen molar-refractivity contribution in [3.05, 3.63) is 95.1 Å². The van der Waals surface area contributed by atoms with Crippen molar-refractivity contribution in [2.45, 2.75) is 37.9 Å². The van der Waals surface area contributed by atoms with Crippen molar-refractivity contribution in [2.24, 2.45) is 0 Å². The van der Waals surface area contributed by atoms with Crippen LogP contribution >= 0.6 is 0 Å². The van der Waals surface area contributed by atoms with Crippen molar-refractivity contribution >= 4 is 17.6 Å². The first-order chi connectivity index (χ1) is 16.7. The molecule has 0 bridgehead atoms. The first-order valence-corrected chi connectivity index (χ1v) is 11.3. The minimum absolute atomic E-state index is 0.0125. The van der Waals surface area contributed by atoms with Crippen LogP contribution in [0.25, 0.3) is 0 Å². The highest BCUT2D eigenvalue weighted by molar-refractivity contribution is 6.01. The topological polar surface area (TPSA) is 84.9 Å². The van der Waals surface area contributed by atoms with E-state index in [-0.39, 0.29) is 19.0 Å². The summed E-state index contributed by atoms with van der Waals surface area (Å²) in [6.07, 6.45) is 0.0125. The van der Waals surface area contributed by atoms with Crippen LogP contribution in [-0.4, -0.2) is 29.7 Å². The number of cyclic esters (lactones) is 1. The molecule has 0 radical (unpaired) electrons. The largest absolute Gasteiger partial charge is 0.496 e. The Morgan fingerprint density at radius 2 is 1.80 bits per heavy atom. The summed E-state index contributed by atoms with van der Waals surface area (Å²) in [5, 5.41) is 14.5. The van der Waals surface area contributed by atoms with Crippen molar-refractivity contribution in [3.8, 4) is 17.6 Å². The monoisotopic (exact) mass is 469 g/mol. The van der Waals surface area contributed by atoms with E-state index in [4.69, 9.17) is 9.47 Å². The van der Waals surface area contributed by atoms with Crippen LogP contribution in [0.2, 0.25) is 0 Å². The molecule has 1 aliphatic rings. The van der Waals surface area contributed by atoms with Gasteiger partial charge < -0.3 is 19.9 Å². The van der Waals surface area contributed by atoms with Gasteiger partial charge in [-0.2, -0.15) is 0 Å². The van der Waals surface area contributed by atoms with Crippen LogP contribution < -0.4 is 10.1 Å². The third kappa shape index (κ3) is 5.21. The van der Waals surface area contributed by atoms with Crippen LogP contribution in [0.1, 0.15) is 47.3 Å². The van der Waals surface area contributed by atoms with Crippen LogP contribution in [0.15, 0.2) is 72.8 Å². The van der Waals surface area contributed by atoms with Gasteiger partial charge in [-0.05, 0) is 47.4 Å². The van der Waals surface area contributed by atoms with E-state index in [1.54, 1.807) is 25.3 Å². The maximum absolute atomic E-state index is 13.5. The molecule has 6 heteroatoms. The lowest BCUT2D eigenvalue weighted by Crippen LogP contribution is -2.46. The molecule has 4 rings (SSSR count). The van der Waals surface area contributed by atoms with Gasteiger partial charge in [-0.1, -0.05) is 62.1 Å². The van der Waals surface area contributed by atoms with Crippen LogP contribution in [0.3, 0.4) is 0 Å². The van der Waals surface area contributed by atoms with E-state index in [0.29, 0.717) is 28.1 Å². The molecule has 1 aliphatic heterocycles. The molecular weight excluding hydrogens is 442 g/mol. The second-order valence-electron chi connectivity index (χ2n) is 9.14. The Bertz CT molecular complexity index is 1320. The maximum atomic E-state index is 13.5. The Balaban J connectivity index is 1.68. The number of ether oxygens (including phenoxy) is 2. The average molecular weight is 470 g/mol. The van der Waals surface area contributed by atoms with Gasteiger partial charge in [0.05, 0.1) is 12.7 Å². The lowest BCUT2D eigenvalue weighted by Gasteiger charge is -2.33. The molecule has 0 aliphatic carbocycles. The smallest absolute Gasteiger partial charge is 0.338 e. The van der Waals surface area contributed by atoms with Gasteiger partial charge in [0, 0.05) is 23.2 Å². The van der Waals surface area contributed by atoms with E-state index in [0.717, 1.165) is 5.56 Å². The number of benzene rings is 3. The van der Waals surface area contributed by atoms with Crippen LogP contribution in [0.5, 0.6) is 5.75 Å². The van der Waals surface area contributed by atoms with Gasteiger partial charge in [-0.25, -0.2) is 4.79 Å². The quantitative estimate of drug-likeness (QED) is 0.412. The minimum atomic E-state index is -2.02. The summed E-state index contributed by atoms with van der Waals surface area (Å²) in [4.78, 5) is 25.2. The summed E-state index contributed by atoms with van der Waals surface area (Å²) in [7, 11) is 1.59. The summed E-state index contributed by atoms with van der Waals surface area (Å²) in [5.74, 6) is 5.40. The summed E-state index contributed by atoms with van der Waals surface area (Å²) in [6, 6.07) is 21.6. The van der Waals surface area contributed by atoms with Gasteiger partial charge in [-0.3, -0.25) is 4.79 Å². The zero-order chi connectivity index (χ0) is 25.1. The Morgan fingerprint density at radius 1 is 1.09 bits per heavy atom. The lowest BCUT2D eigenvalue weighted by molar-refractivity contribution is -0.130. The van der Waals surface area contributed by atoms with Crippen LogP contribution in [0, 0.1) is 11.8 Å². The number of para-hydroxylation sites is 1. The third-order valence-corrected chi connectivity index (χ3v) is 6.04. The van der Waals surface area contributed by atoms with Gasteiger partial charge in [0.1, 0.15) is 12.4 Å². The van der Waals surface area contributed by atoms with Crippen LogP contribution in [0.4, 0.5) is 5.69 Å². The number of fused-ring (bicyclic) bond motifs is 1. The summed E-state index contributed by atoms with van der Waals surface area (Å²) < 4.78 is 10.6. The van der Waals surface area contributed by atoms with Crippen molar-refractivity contribution in [1.29, 1.82) is 0 Å². The highest BCUT2D eigenvalue weighted by Crippen LogP contribution is 2.38. The number of hydrogen-bond acceptors (Lipinski definition) is 5. The fraction of sp³-hybridized carbons (Fsp3) is 0.241. The molecule has 0 aromatic heterocycles. The molecule has 178 valence electrons. The van der Waals surface area contributed by atoms with E-state index >= 15 is 0 Å². The molecule has 3 aromatic carbocycles. The zero-order valence-corrected chi connectivity index (χ0v) is 19.9. The van der Waals surface area contributed by atoms with Gasteiger partial charge in [0.25, 0.3) is 5.91 Å². The molecule has 1 amide bonds. The summed E-state index contributed by atoms with van der Waals surface area (Å²) in [5.41, 5.74) is 0.446. The number of rotatable bonds is 6. The summed E-state index contributed by atoms with van der Waals surface area (Å²) in [6.45, 7) is 4.02. The Labute approximate surface area is 204 Å². The molecular formula is C29H27NO5. The molecule has 0 saturated heterocycles. The number of carbonyl (C=O) groups excluding carboxylic acids is 2. The normalized spacial score (nSPS) is 14.1. The molecule has 0 spiro atoms. The van der Waals surface area contributed by atoms with E-state index in [9.17, 15) is 14.7 Å². The Morgan fingerprint density at radius 3 is 2.54 bits per heavy atom. The van der Waals surface area contributed by atoms with Gasteiger partial charge in [0.2, 0.25) is 5.60 Å². The first-order valence-electron chi connectivity index (χ1n) is 11.3. The number of nitrogens with one attached hydrogen (secondary N) is 1. The Hall–Kier alpha value is -4.08. The highest BCUT2D eigenvalue weighted by atomic mass is 16.5. The number of anilines is 1. The van der Waals surface area contributed by atoms with Gasteiger partial charge >= 0.3 is 5.97 Å². The molecule has 0 fully saturated rings. The van der Waals surface area contributed by atoms with Gasteiger partial charge in [0.15, 0.2) is 0 Å². The van der Waals surface area contributed by atoms with E-state index < -0.39 is 16.9 Å². The zero-order valence-electron chi connectivity index (χ0n) is 19.9. The first kappa shape index (κ1) is 24.1. The molecule has 6 nitrogen and oxygen atoms in total. The number of esters is 1. The summed E-state index contributed by atoms with van der Waals surface area (Å²) >= 11 is 0. The standard InChI is InChI=1S/C29H27NO5/c1-28(2,24-11-7-8-12-25(24)34-3)19-29(33,16-15-20-9-5-4-6-10-20)27(32)30-22-13-14-23-21(17-22)18-35-26(23)31/h4-14,17,33H,18-19H2,1-3H3,(H,30,32). The number of hydrogen-bond donors (Lipinski definition) is 2. The molecule has 2 N–H and O–H groups in total. The predicted molar refractivity (Wildman–Crippen MR) is 133 cm³/mol. The molecule has 1 unspecified atom stereocenters. The molecule has 1 atom stereocenters. The molecule has 1 heterocycles. The average Bonchev–Trinajstić information content (AvgIpc) is 3.23. The fourth-order valence-electron chi connectivity index (χ4n) is 4.26. The van der Waals surface area contributed by atoms with E-state index in [2.05, 4.69) is 17.2 Å². The van der Waals surface area contributed by atoms with Crippen molar-refractivity contribution in [2.75, 3.05) is 12.4 Å². The number of aliphatic hydroxyl groups is 1. The number of methoxy groups -OCH3 is 1. The highest BCUT2D eigenvalue weighted by Gasteiger charge is 2.42. The molecule has 3 aromatic rings. The second-order valence-corrected chi connectivity index (χ2v) is 9.14. The van der Waals surface area contributed by atoms with Crippen LogP contribution in [-0.2, 0) is 21.6 Å². The molecule has 35 heavy (non-hydrogen) atoms. The molecule has 0 saturated carbocycles. The fourth-order valence-corrected chi connectivity index (χ4v) is 4.26. The maximum Gasteiger partial charge on any atom is 0.338 e.